The minimum atomic E-state index is -2.53. The number of rotatable bonds is 3. The first-order chi connectivity index (χ1) is 13.2. The second-order valence-electron chi connectivity index (χ2n) is 5.32. The zero-order valence-corrected chi connectivity index (χ0v) is 14.1. The Kier molecular flexibility index (Phi) is 5.33. The van der Waals surface area contributed by atoms with E-state index in [0.29, 0.717) is 0 Å². The maximum absolute atomic E-state index is 14.3. The molecule has 1 atom stereocenters. The van der Waals surface area contributed by atoms with E-state index in [2.05, 4.69) is 0 Å². The molecule has 0 amide bonds. The van der Waals surface area contributed by atoms with E-state index in [4.69, 9.17) is 0 Å². The molecule has 0 aliphatic rings. The van der Waals surface area contributed by atoms with Crippen LogP contribution in [-0.2, 0) is 10.9 Å². The Labute approximate surface area is 154 Å². The van der Waals surface area contributed by atoms with Crippen LogP contribution in [-0.4, -0.2) is 0 Å². The van der Waals surface area contributed by atoms with Gasteiger partial charge in [-0.25, -0.2) is 26.3 Å². The molecule has 0 saturated carbocycles. The first kappa shape index (κ1) is 20.1. The summed E-state index contributed by atoms with van der Waals surface area (Å²) in [4.78, 5) is -2.85. The highest BCUT2D eigenvalue weighted by atomic mass is 32.2. The predicted octanol–water partition coefficient (Wildman–Crippen LogP) is 6.03. The van der Waals surface area contributed by atoms with Gasteiger partial charge >= 0.3 is 0 Å². The van der Waals surface area contributed by atoms with Crippen molar-refractivity contribution in [3.8, 4) is 0 Å². The van der Waals surface area contributed by atoms with E-state index in [0.717, 1.165) is 12.1 Å². The summed E-state index contributed by atoms with van der Waals surface area (Å²) in [6, 6.07) is 6.36. The zero-order chi connectivity index (χ0) is 20.7. The topological polar surface area (TPSA) is 0 Å². The molecule has 146 valence electrons. The van der Waals surface area contributed by atoms with Crippen molar-refractivity contribution >= 4 is 10.9 Å². The molecular formula is C18H6F9S+. The number of benzene rings is 3. The van der Waals surface area contributed by atoms with Crippen LogP contribution >= 0.6 is 0 Å². The Morgan fingerprint density at radius 3 is 1.50 bits per heavy atom. The van der Waals surface area contributed by atoms with Gasteiger partial charge < -0.3 is 0 Å². The zero-order valence-electron chi connectivity index (χ0n) is 13.3. The molecule has 0 N–H and O–H groups in total. The van der Waals surface area contributed by atoms with Crippen LogP contribution in [0.25, 0.3) is 0 Å². The van der Waals surface area contributed by atoms with E-state index in [1.54, 1.807) is 0 Å². The standard InChI is InChI=1S/C18H6F9S/c19-8-6-9(11(21)12(22)10(8)20)28(7-4-2-1-3-5-7)18-16(26)14(24)13(23)15(25)17(18)27/h1-6H/q+1. The molecule has 0 aromatic heterocycles. The molecule has 3 rings (SSSR count). The fraction of sp³-hybridized carbons (Fsp3) is 0. The third kappa shape index (κ3) is 3.11. The van der Waals surface area contributed by atoms with Crippen LogP contribution in [0.5, 0.6) is 0 Å². The lowest BCUT2D eigenvalue weighted by Gasteiger charge is -2.12. The Hall–Kier alpha value is -2.62. The number of halogens is 9. The molecule has 0 spiro atoms. The highest BCUT2D eigenvalue weighted by molar-refractivity contribution is 7.97. The quantitative estimate of drug-likeness (QED) is 0.208. The highest BCUT2D eigenvalue weighted by Crippen LogP contribution is 2.39. The first-order valence-electron chi connectivity index (χ1n) is 7.30. The molecule has 0 saturated heterocycles. The average Bonchev–Trinajstić information content (AvgIpc) is 2.70. The van der Waals surface area contributed by atoms with Crippen molar-refractivity contribution in [2.75, 3.05) is 0 Å². The molecule has 0 heterocycles. The third-order valence-electron chi connectivity index (χ3n) is 3.64. The predicted molar refractivity (Wildman–Crippen MR) is 81.1 cm³/mol. The van der Waals surface area contributed by atoms with Gasteiger partial charge in [-0.15, -0.1) is 0 Å². The lowest BCUT2D eigenvalue weighted by Crippen LogP contribution is -2.17. The maximum Gasteiger partial charge on any atom is 0.244 e. The average molecular weight is 425 g/mol. The van der Waals surface area contributed by atoms with Crippen LogP contribution in [0.1, 0.15) is 0 Å². The van der Waals surface area contributed by atoms with Crippen molar-refractivity contribution in [3.63, 3.8) is 0 Å². The Morgan fingerprint density at radius 1 is 0.500 bits per heavy atom. The first-order valence-corrected chi connectivity index (χ1v) is 8.53. The molecular weight excluding hydrogens is 419 g/mol. The smallest absolute Gasteiger partial charge is 0.203 e. The molecule has 0 aliphatic heterocycles. The van der Waals surface area contributed by atoms with Gasteiger partial charge in [0.2, 0.25) is 50.5 Å². The highest BCUT2D eigenvalue weighted by Gasteiger charge is 2.44. The van der Waals surface area contributed by atoms with Gasteiger partial charge in [-0.3, -0.25) is 0 Å². The minimum Gasteiger partial charge on any atom is -0.203 e. The SMILES string of the molecule is Fc1cc([S+](c2ccccc2)c2c(F)c(F)c(F)c(F)c2F)c(F)c(F)c1F. The van der Waals surface area contributed by atoms with E-state index in [1.165, 1.54) is 18.2 Å². The monoisotopic (exact) mass is 425 g/mol. The van der Waals surface area contributed by atoms with Crippen LogP contribution < -0.4 is 0 Å². The summed E-state index contributed by atoms with van der Waals surface area (Å²) >= 11 is 0. The lowest BCUT2D eigenvalue weighted by molar-refractivity contribution is 0.360. The minimum absolute atomic E-state index is 0.113. The maximum atomic E-state index is 14.3. The fourth-order valence-corrected chi connectivity index (χ4v) is 4.54. The molecule has 0 radical (unpaired) electrons. The lowest BCUT2D eigenvalue weighted by atomic mass is 10.3. The molecule has 3 aromatic rings. The Bertz CT molecular complexity index is 1040. The molecule has 1 unspecified atom stereocenters. The van der Waals surface area contributed by atoms with Gasteiger partial charge in [-0.2, -0.15) is 13.2 Å². The summed E-state index contributed by atoms with van der Waals surface area (Å²) in [5.74, 6) is -20.1. The van der Waals surface area contributed by atoms with Gasteiger partial charge in [0.15, 0.2) is 16.5 Å². The van der Waals surface area contributed by atoms with Crippen LogP contribution in [0.4, 0.5) is 39.5 Å². The van der Waals surface area contributed by atoms with Gasteiger partial charge in [0.1, 0.15) is 10.9 Å². The van der Waals surface area contributed by atoms with E-state index in [9.17, 15) is 39.5 Å². The van der Waals surface area contributed by atoms with Gasteiger partial charge in [0.05, 0.1) is 0 Å². The summed E-state index contributed by atoms with van der Waals surface area (Å²) in [5.41, 5.74) is 0. The molecule has 10 heteroatoms. The van der Waals surface area contributed by atoms with Crippen LogP contribution in [0.2, 0.25) is 0 Å². The summed E-state index contributed by atoms with van der Waals surface area (Å²) in [6.45, 7) is 0. The molecule has 0 aliphatic carbocycles. The molecule has 28 heavy (non-hydrogen) atoms. The molecule has 0 nitrogen and oxygen atoms in total. The summed E-state index contributed by atoms with van der Waals surface area (Å²) < 4.78 is 124. The fourth-order valence-electron chi connectivity index (χ4n) is 2.38. The summed E-state index contributed by atoms with van der Waals surface area (Å²) in [6.07, 6.45) is 0. The second kappa shape index (κ2) is 7.42. The van der Waals surface area contributed by atoms with Crippen molar-refractivity contribution in [3.05, 3.63) is 88.8 Å². The van der Waals surface area contributed by atoms with Crippen molar-refractivity contribution in [1.82, 2.24) is 0 Å². The van der Waals surface area contributed by atoms with Crippen molar-refractivity contribution in [1.29, 1.82) is 0 Å². The van der Waals surface area contributed by atoms with E-state index >= 15 is 0 Å². The Morgan fingerprint density at radius 2 is 0.964 bits per heavy atom. The van der Waals surface area contributed by atoms with E-state index in [1.807, 2.05) is 0 Å². The van der Waals surface area contributed by atoms with Crippen molar-refractivity contribution < 1.29 is 39.5 Å². The molecule has 0 fully saturated rings. The molecule has 3 aromatic carbocycles. The number of hydrogen-bond donors (Lipinski definition) is 0. The van der Waals surface area contributed by atoms with Crippen LogP contribution in [0.3, 0.4) is 0 Å². The van der Waals surface area contributed by atoms with Gasteiger partial charge in [-0.1, -0.05) is 18.2 Å². The third-order valence-corrected chi connectivity index (χ3v) is 5.89. The van der Waals surface area contributed by atoms with E-state index in [-0.39, 0.29) is 11.0 Å². The molecule has 0 bridgehead atoms. The van der Waals surface area contributed by atoms with Gasteiger partial charge in [0.25, 0.3) is 0 Å². The summed E-state index contributed by atoms with van der Waals surface area (Å²) in [5, 5.41) is 0. The van der Waals surface area contributed by atoms with E-state index < -0.39 is 73.0 Å². The summed E-state index contributed by atoms with van der Waals surface area (Å²) in [7, 11) is -2.53. The van der Waals surface area contributed by atoms with Crippen LogP contribution in [0, 0.1) is 52.4 Å². The number of hydrogen-bond acceptors (Lipinski definition) is 0. The second-order valence-corrected chi connectivity index (χ2v) is 7.25. The largest absolute Gasteiger partial charge is 0.244 e. The van der Waals surface area contributed by atoms with Crippen molar-refractivity contribution in [2.45, 2.75) is 14.7 Å². The van der Waals surface area contributed by atoms with Gasteiger partial charge in [-0.05, 0) is 12.1 Å². The van der Waals surface area contributed by atoms with Crippen molar-refractivity contribution in [2.24, 2.45) is 0 Å². The normalized spacial score (nSPS) is 12.3. The van der Waals surface area contributed by atoms with Gasteiger partial charge in [0, 0.05) is 6.07 Å². The Balaban J connectivity index is 2.44. The van der Waals surface area contributed by atoms with Crippen LogP contribution in [0.15, 0.2) is 51.1 Å².